The number of amides is 1. The van der Waals surface area contributed by atoms with Crippen LogP contribution < -0.4 is 14.8 Å². The summed E-state index contributed by atoms with van der Waals surface area (Å²) in [4.78, 5) is 14.2. The third-order valence-corrected chi connectivity index (χ3v) is 4.64. The van der Waals surface area contributed by atoms with Crippen LogP contribution in [0.3, 0.4) is 0 Å². The molecule has 2 aliphatic rings. The summed E-state index contributed by atoms with van der Waals surface area (Å²) >= 11 is 0. The zero-order valence-electron chi connectivity index (χ0n) is 14.2. The average molecular weight is 355 g/mol. The van der Waals surface area contributed by atoms with Gasteiger partial charge in [0.2, 0.25) is 0 Å². The molecule has 0 spiro atoms. The second-order valence-electron chi connectivity index (χ2n) is 6.47. The van der Waals surface area contributed by atoms with Crippen LogP contribution in [0.1, 0.15) is 25.7 Å². The smallest absolute Gasteiger partial charge is 0.260 e. The summed E-state index contributed by atoms with van der Waals surface area (Å²) in [6, 6.07) is 7.91. The fourth-order valence-electron chi connectivity index (χ4n) is 2.92. The molecule has 1 amide bonds. The van der Waals surface area contributed by atoms with Gasteiger partial charge in [-0.1, -0.05) is 6.07 Å². The van der Waals surface area contributed by atoms with Gasteiger partial charge in [0.05, 0.1) is 7.11 Å². The molecule has 1 saturated heterocycles. The number of hydrogen-bond acceptors (Lipinski definition) is 4. The Morgan fingerprint density at radius 2 is 1.92 bits per heavy atom. The van der Waals surface area contributed by atoms with Crippen molar-refractivity contribution in [3.8, 4) is 11.5 Å². The zero-order valence-corrected chi connectivity index (χ0v) is 15.0. The number of hydrogen-bond donors (Lipinski definition) is 1. The number of ether oxygens (including phenoxy) is 2. The lowest BCUT2D eigenvalue weighted by Crippen LogP contribution is -2.46. The van der Waals surface area contributed by atoms with Gasteiger partial charge in [-0.15, -0.1) is 12.4 Å². The molecule has 1 heterocycles. The molecule has 5 nitrogen and oxygen atoms in total. The molecule has 2 fully saturated rings. The lowest BCUT2D eigenvalue weighted by Gasteiger charge is -2.32. The molecule has 1 aliphatic heterocycles. The van der Waals surface area contributed by atoms with Crippen LogP contribution in [0.5, 0.6) is 11.5 Å². The lowest BCUT2D eigenvalue weighted by atomic mass is 10.0. The van der Waals surface area contributed by atoms with Crippen molar-refractivity contribution in [3.05, 3.63) is 24.3 Å². The van der Waals surface area contributed by atoms with Crippen LogP contribution in [-0.4, -0.2) is 50.2 Å². The van der Waals surface area contributed by atoms with E-state index in [4.69, 9.17) is 9.47 Å². The van der Waals surface area contributed by atoms with E-state index in [1.807, 2.05) is 23.1 Å². The summed E-state index contributed by atoms with van der Waals surface area (Å²) in [5, 5.41) is 3.63. The monoisotopic (exact) mass is 354 g/mol. The van der Waals surface area contributed by atoms with Crippen molar-refractivity contribution in [1.29, 1.82) is 0 Å². The Hall–Kier alpha value is -1.46. The molecule has 134 valence electrons. The Balaban J connectivity index is 0.00000208. The number of nitrogens with zero attached hydrogens (tertiary/aromatic N) is 1. The van der Waals surface area contributed by atoms with Gasteiger partial charge in [-0.05, 0) is 50.3 Å². The third kappa shape index (κ3) is 5.56. The van der Waals surface area contributed by atoms with Gasteiger partial charge in [0, 0.05) is 25.2 Å². The largest absolute Gasteiger partial charge is 0.497 e. The van der Waals surface area contributed by atoms with Gasteiger partial charge in [-0.25, -0.2) is 0 Å². The molecule has 0 atom stereocenters. The molecule has 0 unspecified atom stereocenters. The minimum absolute atomic E-state index is 0. The SMILES string of the molecule is COc1cccc(OCC(=O)N2CCC(NCC3CC3)CC2)c1.Cl. The maximum absolute atomic E-state index is 12.3. The van der Waals surface area contributed by atoms with Crippen molar-refractivity contribution < 1.29 is 14.3 Å². The maximum Gasteiger partial charge on any atom is 0.260 e. The van der Waals surface area contributed by atoms with Crippen LogP contribution in [0.25, 0.3) is 0 Å². The van der Waals surface area contributed by atoms with E-state index in [9.17, 15) is 4.79 Å². The number of benzene rings is 1. The van der Waals surface area contributed by atoms with E-state index in [2.05, 4.69) is 5.32 Å². The van der Waals surface area contributed by atoms with Crippen molar-refractivity contribution in [2.45, 2.75) is 31.7 Å². The molecule has 3 rings (SSSR count). The van der Waals surface area contributed by atoms with Gasteiger partial charge in [0.15, 0.2) is 6.61 Å². The standard InChI is InChI=1S/C18H26N2O3.ClH/c1-22-16-3-2-4-17(11-16)23-13-18(21)20-9-7-15(8-10-20)19-12-14-5-6-14;/h2-4,11,14-15,19H,5-10,12-13H2,1H3;1H. The van der Waals surface area contributed by atoms with Gasteiger partial charge in [-0.3, -0.25) is 4.79 Å². The molecule has 0 radical (unpaired) electrons. The van der Waals surface area contributed by atoms with Crippen molar-refractivity contribution >= 4 is 18.3 Å². The number of carbonyl (C=O) groups excluding carboxylic acids is 1. The van der Waals surface area contributed by atoms with Crippen LogP contribution >= 0.6 is 12.4 Å². The Bertz CT molecular complexity index is 529. The minimum atomic E-state index is 0. The molecular weight excluding hydrogens is 328 g/mol. The zero-order chi connectivity index (χ0) is 16.1. The van der Waals surface area contributed by atoms with Crippen LogP contribution in [-0.2, 0) is 4.79 Å². The van der Waals surface area contributed by atoms with Gasteiger partial charge < -0.3 is 19.7 Å². The summed E-state index contributed by atoms with van der Waals surface area (Å²) in [6.45, 7) is 2.89. The Labute approximate surface area is 150 Å². The third-order valence-electron chi connectivity index (χ3n) is 4.64. The highest BCUT2D eigenvalue weighted by molar-refractivity contribution is 5.85. The average Bonchev–Trinajstić information content (AvgIpc) is 3.43. The number of piperidine rings is 1. The van der Waals surface area contributed by atoms with Crippen molar-refractivity contribution in [1.82, 2.24) is 10.2 Å². The van der Waals surface area contributed by atoms with E-state index in [1.54, 1.807) is 13.2 Å². The fourth-order valence-corrected chi connectivity index (χ4v) is 2.92. The molecular formula is C18H27ClN2O3. The predicted molar refractivity (Wildman–Crippen MR) is 96.1 cm³/mol. The summed E-state index contributed by atoms with van der Waals surface area (Å²) in [7, 11) is 1.62. The highest BCUT2D eigenvalue weighted by Crippen LogP contribution is 2.28. The first-order chi connectivity index (χ1) is 11.2. The summed E-state index contributed by atoms with van der Waals surface area (Å²) in [5.41, 5.74) is 0. The van der Waals surface area contributed by atoms with Crippen molar-refractivity contribution in [2.24, 2.45) is 5.92 Å². The Kier molecular flexibility index (Phi) is 7.18. The van der Waals surface area contributed by atoms with Gasteiger partial charge in [0.25, 0.3) is 5.91 Å². The minimum Gasteiger partial charge on any atom is -0.497 e. The molecule has 1 aromatic carbocycles. The number of carbonyl (C=O) groups is 1. The van der Waals surface area contributed by atoms with E-state index in [1.165, 1.54) is 12.8 Å². The number of rotatable bonds is 7. The Morgan fingerprint density at radius 3 is 2.58 bits per heavy atom. The fraction of sp³-hybridized carbons (Fsp3) is 0.611. The first-order valence-corrected chi connectivity index (χ1v) is 8.52. The van der Waals surface area contributed by atoms with Crippen molar-refractivity contribution in [3.63, 3.8) is 0 Å². The summed E-state index contributed by atoms with van der Waals surface area (Å²) in [5.74, 6) is 2.37. The lowest BCUT2D eigenvalue weighted by molar-refractivity contribution is -0.134. The van der Waals surface area contributed by atoms with Gasteiger partial charge in [0.1, 0.15) is 11.5 Å². The molecule has 0 bridgehead atoms. The van der Waals surface area contributed by atoms with Crippen LogP contribution in [0.4, 0.5) is 0 Å². The highest BCUT2D eigenvalue weighted by Gasteiger charge is 2.26. The van der Waals surface area contributed by atoms with E-state index < -0.39 is 0 Å². The molecule has 24 heavy (non-hydrogen) atoms. The number of methoxy groups -OCH3 is 1. The normalized spacial score (nSPS) is 18.0. The highest BCUT2D eigenvalue weighted by atomic mass is 35.5. The molecule has 6 heteroatoms. The molecule has 0 aromatic heterocycles. The molecule has 1 aliphatic carbocycles. The van der Waals surface area contributed by atoms with Gasteiger partial charge in [-0.2, -0.15) is 0 Å². The second-order valence-corrected chi connectivity index (χ2v) is 6.47. The second kappa shape index (κ2) is 9.14. The first-order valence-electron chi connectivity index (χ1n) is 8.52. The summed E-state index contributed by atoms with van der Waals surface area (Å²) < 4.78 is 10.7. The summed E-state index contributed by atoms with van der Waals surface area (Å²) in [6.07, 6.45) is 4.84. The van der Waals surface area contributed by atoms with Gasteiger partial charge >= 0.3 is 0 Å². The van der Waals surface area contributed by atoms with E-state index >= 15 is 0 Å². The number of nitrogens with one attached hydrogen (secondary N) is 1. The van der Waals surface area contributed by atoms with Crippen LogP contribution in [0, 0.1) is 5.92 Å². The van der Waals surface area contributed by atoms with E-state index in [0.717, 1.165) is 44.1 Å². The van der Waals surface area contributed by atoms with Crippen LogP contribution in [0.2, 0.25) is 0 Å². The molecule has 1 saturated carbocycles. The quantitative estimate of drug-likeness (QED) is 0.817. The Morgan fingerprint density at radius 1 is 1.21 bits per heavy atom. The maximum atomic E-state index is 12.3. The number of likely N-dealkylation sites (tertiary alicyclic amines) is 1. The predicted octanol–water partition coefficient (Wildman–Crippen LogP) is 2.49. The topological polar surface area (TPSA) is 50.8 Å². The first kappa shape index (κ1) is 18.9. The number of halogens is 1. The molecule has 1 N–H and O–H groups in total. The van der Waals surface area contributed by atoms with E-state index in [-0.39, 0.29) is 24.9 Å². The van der Waals surface area contributed by atoms with E-state index in [0.29, 0.717) is 11.8 Å². The van der Waals surface area contributed by atoms with Crippen molar-refractivity contribution in [2.75, 3.05) is 33.4 Å². The van der Waals surface area contributed by atoms with Crippen LogP contribution in [0.15, 0.2) is 24.3 Å². The molecule has 1 aromatic rings.